The van der Waals surface area contributed by atoms with Gasteiger partial charge in [0.25, 0.3) is 0 Å². The van der Waals surface area contributed by atoms with Crippen molar-refractivity contribution in [3.63, 3.8) is 0 Å². The van der Waals surface area contributed by atoms with Gasteiger partial charge in [0.05, 0.1) is 0 Å². The molecule has 0 amide bonds. The Morgan fingerprint density at radius 3 is 1.95 bits per heavy atom. The molecule has 13 rings (SSSR count). The molecule has 4 bridgehead atoms. The fraction of sp³-hybridized carbons (Fsp3) is 0.300. The maximum absolute atomic E-state index is 6.74. The number of hydrogen-bond donors (Lipinski definition) is 0. The summed E-state index contributed by atoms with van der Waals surface area (Å²) in [5, 5.41) is 2.28. The average molecular weight is 1050 g/mol. The van der Waals surface area contributed by atoms with Gasteiger partial charge in [0.2, 0.25) is 0 Å². The second kappa shape index (κ2) is 16.2. The summed E-state index contributed by atoms with van der Waals surface area (Å²) in [6.45, 7) is 25.0. The zero-order valence-electron chi connectivity index (χ0n) is 40.3. The first-order valence-electron chi connectivity index (χ1n) is 23.4. The topological polar surface area (TPSA) is 36.4 Å². The van der Waals surface area contributed by atoms with Crippen LogP contribution in [0.2, 0.25) is 0 Å². The number of nitrogens with zero attached hydrogens (tertiary/aromatic N) is 4. The summed E-state index contributed by atoms with van der Waals surface area (Å²) in [7, 11) is 0. The zero-order chi connectivity index (χ0) is 46.4. The summed E-state index contributed by atoms with van der Waals surface area (Å²) in [6.07, 6.45) is 8.32. The molecule has 5 nitrogen and oxygen atoms in total. The summed E-state index contributed by atoms with van der Waals surface area (Å²) >= 11 is 2.49. The molecule has 0 saturated heterocycles. The molecule has 6 heteroatoms. The van der Waals surface area contributed by atoms with E-state index in [4.69, 9.17) is 9.72 Å². The minimum atomic E-state index is -0.143. The van der Waals surface area contributed by atoms with Gasteiger partial charge in [0, 0.05) is 11.8 Å². The van der Waals surface area contributed by atoms with Gasteiger partial charge in [-0.1, -0.05) is 92.6 Å². The van der Waals surface area contributed by atoms with E-state index in [0.29, 0.717) is 11.5 Å². The Bertz CT molecular complexity index is 3430. The molecule has 0 fully saturated rings. The van der Waals surface area contributed by atoms with Crippen LogP contribution in [0.4, 0.5) is 0 Å². The molecule has 5 aromatic carbocycles. The van der Waals surface area contributed by atoms with E-state index in [-0.39, 0.29) is 16.2 Å². The Morgan fingerprint density at radius 1 is 0.606 bits per heavy atom. The molecule has 2 aliphatic heterocycles. The van der Waals surface area contributed by atoms with E-state index in [2.05, 4.69) is 225 Å². The van der Waals surface area contributed by atoms with Crippen molar-refractivity contribution in [1.29, 1.82) is 0 Å². The van der Waals surface area contributed by atoms with Crippen molar-refractivity contribution in [3.8, 4) is 34.1 Å². The number of ether oxygens (including phenoxy) is 1. The second-order valence-corrected chi connectivity index (χ2v) is 22.5. The Hall–Kier alpha value is -5.77. The van der Waals surface area contributed by atoms with Crippen LogP contribution in [-0.2, 0) is 61.3 Å². The van der Waals surface area contributed by atoms with Crippen LogP contribution in [0.15, 0.2) is 116 Å². The van der Waals surface area contributed by atoms with Crippen LogP contribution in [0.5, 0.6) is 11.5 Å². The number of rotatable bonds is 5. The molecule has 0 atom stereocenters. The quantitative estimate of drug-likeness (QED) is 0.161. The number of imidazole rings is 1. The predicted octanol–water partition coefficient (Wildman–Crippen LogP) is 14.8. The van der Waals surface area contributed by atoms with Crippen LogP contribution in [0, 0.1) is 29.8 Å². The van der Waals surface area contributed by atoms with Crippen molar-refractivity contribution >= 4 is 27.3 Å². The third kappa shape index (κ3) is 7.91. The average Bonchev–Trinajstić information content (AvgIpc) is 3.79. The van der Waals surface area contributed by atoms with E-state index in [9.17, 15) is 0 Å². The van der Waals surface area contributed by atoms with Crippen LogP contribution in [0.1, 0.15) is 113 Å². The Balaban J connectivity index is 1.05. The molecule has 0 saturated carbocycles. The Labute approximate surface area is 401 Å². The first-order valence-corrected chi connectivity index (χ1v) is 24.6. The van der Waals surface area contributed by atoms with E-state index < -0.39 is 0 Å². The normalized spacial score (nSPS) is 13.5. The summed E-state index contributed by atoms with van der Waals surface area (Å²) in [6, 6.07) is 45.3. The molecule has 0 radical (unpaired) electrons. The standard InChI is InChI=1S/C60H60N4O.Pt/c1-38-39(2)41-16-15-40(38)17-18-43-22-27-46(26-21-41)63-37-62(36-56(43)63)47-13-12-14-48(32-47)65-49-28-29-50-51-31-45(59(6,7)8)25-30-54(51)64(55(50)33-49)57-34-53(60(9,10)11)52(35-61-57)42-19-23-44(24-20-42)58(3,4)5;/h12-16,19-20,22-25,27-31,34-36H,17-18,21,26H2,1-11H3;/q-2;. The van der Waals surface area contributed by atoms with Gasteiger partial charge in [-0.05, 0) is 38.5 Å². The van der Waals surface area contributed by atoms with Crippen molar-refractivity contribution in [2.75, 3.05) is 0 Å². The molecule has 0 unspecified atom stereocenters. The van der Waals surface area contributed by atoms with Crippen molar-refractivity contribution in [1.82, 2.24) is 18.5 Å². The summed E-state index contributed by atoms with van der Waals surface area (Å²) in [5.74, 6) is 2.11. The zero-order valence-corrected chi connectivity index (χ0v) is 42.6. The van der Waals surface area contributed by atoms with Gasteiger partial charge < -0.3 is 0 Å². The molecule has 66 heavy (non-hydrogen) atoms. The van der Waals surface area contributed by atoms with Crippen molar-refractivity contribution < 1.29 is 24.1 Å². The third-order valence-electron chi connectivity index (χ3n) is 14.0. The number of aromatic nitrogens is 4. The summed E-state index contributed by atoms with van der Waals surface area (Å²) in [5.41, 5.74) is 18.7. The molecule has 9 aromatic rings. The fourth-order valence-corrected chi connectivity index (χ4v) is 10.9. The summed E-state index contributed by atoms with van der Waals surface area (Å²) in [4.78, 5) is 5.25. The fourth-order valence-electron chi connectivity index (χ4n) is 9.86. The molecule has 6 heterocycles. The Morgan fingerprint density at radius 2 is 1.26 bits per heavy atom. The van der Waals surface area contributed by atoms with Crippen molar-refractivity contribution in [2.45, 2.75) is 118 Å². The van der Waals surface area contributed by atoms with Gasteiger partial charge >= 0.3 is 261 Å². The molecular weight excluding hydrogens is 988 g/mol. The van der Waals surface area contributed by atoms with Crippen molar-refractivity contribution in [3.05, 3.63) is 182 Å². The number of hydrogen-bond acceptors (Lipinski definition) is 2. The van der Waals surface area contributed by atoms with Crippen LogP contribution in [0.3, 0.4) is 0 Å². The first-order chi connectivity index (χ1) is 31.3. The van der Waals surface area contributed by atoms with E-state index in [0.717, 1.165) is 63.0 Å². The maximum atomic E-state index is 6.74. The van der Waals surface area contributed by atoms with Crippen LogP contribution >= 0.6 is 0 Å². The molecule has 4 aliphatic rings. The second-order valence-electron chi connectivity index (χ2n) is 21.5. The molecule has 0 spiro atoms. The van der Waals surface area contributed by atoms with E-state index in [1.165, 1.54) is 66.7 Å². The molecule has 0 N–H and O–H groups in total. The number of aryl methyl sites for hydroxylation is 4. The van der Waals surface area contributed by atoms with E-state index in [1.54, 1.807) is 0 Å². The SMILES string of the molecule is Cc1c2ccc(c1C)CCc1ccc(c3cn(-c4[c-]c(Oc5[c-]c6c(cc5)c5cc(C(C)(C)C)ccc5n6-c5cc(C(C)(C)C)c(-c6ccc(C(C)(C)C)cc6)cn5)ccc4)[c](=[Pt])n13)CC2. The minimum absolute atomic E-state index is 0.0122. The van der Waals surface area contributed by atoms with Gasteiger partial charge in [-0.15, -0.1) is 0 Å². The number of benzene rings is 5. The van der Waals surface area contributed by atoms with Crippen LogP contribution < -0.4 is 4.74 Å². The summed E-state index contributed by atoms with van der Waals surface area (Å²) < 4.78 is 14.8. The van der Waals surface area contributed by atoms with Gasteiger partial charge in [-0.25, -0.2) is 0 Å². The van der Waals surface area contributed by atoms with E-state index >= 15 is 0 Å². The van der Waals surface area contributed by atoms with Gasteiger partial charge in [-0.3, -0.25) is 0 Å². The molecule has 4 aromatic heterocycles. The van der Waals surface area contributed by atoms with E-state index in [1.807, 2.05) is 12.1 Å². The first kappa shape index (κ1) is 44.1. The van der Waals surface area contributed by atoms with Crippen LogP contribution in [0.25, 0.3) is 50.0 Å². The van der Waals surface area contributed by atoms with Gasteiger partial charge in [0.1, 0.15) is 0 Å². The van der Waals surface area contributed by atoms with Gasteiger partial charge in [-0.2, -0.15) is 0 Å². The molecule has 2 aliphatic carbocycles. The van der Waals surface area contributed by atoms with Gasteiger partial charge in [0.15, 0.2) is 0 Å². The van der Waals surface area contributed by atoms with Crippen molar-refractivity contribution in [2.24, 2.45) is 0 Å². The van der Waals surface area contributed by atoms with Crippen LogP contribution in [-0.4, -0.2) is 18.5 Å². The number of fused-ring (bicyclic) bond motifs is 3. The molecule has 338 valence electrons. The predicted molar refractivity (Wildman–Crippen MR) is 269 cm³/mol. The Kier molecular flexibility index (Phi) is 10.8. The molecular formula is C60H60N4OPt-2. The number of pyridine rings is 2. The third-order valence-corrected chi connectivity index (χ3v) is 15.1. The monoisotopic (exact) mass is 1050 g/mol.